The molecule has 1 amide bonds. The van der Waals surface area contributed by atoms with Crippen LogP contribution >= 0.6 is 0 Å². The fraction of sp³-hybridized carbons (Fsp3) is 0.250. The molecule has 9 nitrogen and oxygen atoms in total. The summed E-state index contributed by atoms with van der Waals surface area (Å²) in [5.41, 5.74) is 0.103. The number of nitro benzene ring substituents is 1. The molecule has 9 heteroatoms. The third-order valence-corrected chi connectivity index (χ3v) is 2.75. The van der Waals surface area contributed by atoms with Gasteiger partial charge in [-0.2, -0.15) is 5.10 Å². The summed E-state index contributed by atoms with van der Waals surface area (Å²) in [4.78, 5) is 26.1. The van der Waals surface area contributed by atoms with E-state index >= 15 is 0 Å². The molecule has 2 aromatic rings. The van der Waals surface area contributed by atoms with Gasteiger partial charge in [-0.25, -0.2) is 4.98 Å². The first-order valence-corrected chi connectivity index (χ1v) is 6.06. The second kappa shape index (κ2) is 6.46. The third-order valence-electron chi connectivity index (χ3n) is 2.75. The molecule has 1 aromatic heterocycles. The fourth-order valence-electron chi connectivity index (χ4n) is 1.72. The molecule has 0 radical (unpaired) electrons. The maximum atomic E-state index is 11.9. The van der Waals surface area contributed by atoms with Gasteiger partial charge < -0.3 is 10.1 Å². The first-order valence-electron chi connectivity index (χ1n) is 6.06. The summed E-state index contributed by atoms with van der Waals surface area (Å²) in [7, 11) is 1.31. The lowest BCUT2D eigenvalue weighted by Gasteiger charge is -2.06. The van der Waals surface area contributed by atoms with Gasteiger partial charge in [0.1, 0.15) is 12.2 Å². The SMILES string of the molecule is COc1cc(C(=O)NCCc2ncn[nH]2)ccc1[N+](=O)[O-]. The van der Waals surface area contributed by atoms with Crippen molar-refractivity contribution in [1.82, 2.24) is 20.5 Å². The second-order valence-corrected chi connectivity index (χ2v) is 4.08. The van der Waals surface area contributed by atoms with Gasteiger partial charge in [0.05, 0.1) is 12.0 Å². The number of hydrogen-bond acceptors (Lipinski definition) is 6. The molecular weight excluding hydrogens is 278 g/mol. The molecule has 0 spiro atoms. The summed E-state index contributed by atoms with van der Waals surface area (Å²) >= 11 is 0. The molecule has 0 aliphatic carbocycles. The van der Waals surface area contributed by atoms with E-state index in [2.05, 4.69) is 20.5 Å². The molecule has 110 valence electrons. The summed E-state index contributed by atoms with van der Waals surface area (Å²) in [5.74, 6) is 0.363. The van der Waals surface area contributed by atoms with E-state index in [0.29, 0.717) is 18.8 Å². The molecule has 21 heavy (non-hydrogen) atoms. The summed E-state index contributed by atoms with van der Waals surface area (Å²) in [6.45, 7) is 0.368. The van der Waals surface area contributed by atoms with E-state index < -0.39 is 4.92 Å². The van der Waals surface area contributed by atoms with Crippen LogP contribution in [-0.4, -0.2) is 39.7 Å². The Bertz CT molecular complexity index is 641. The lowest BCUT2D eigenvalue weighted by Crippen LogP contribution is -2.26. The van der Waals surface area contributed by atoms with Crippen LogP contribution in [-0.2, 0) is 6.42 Å². The lowest BCUT2D eigenvalue weighted by molar-refractivity contribution is -0.385. The van der Waals surface area contributed by atoms with Crippen molar-refractivity contribution in [3.63, 3.8) is 0 Å². The van der Waals surface area contributed by atoms with Crippen molar-refractivity contribution in [3.8, 4) is 5.75 Å². The van der Waals surface area contributed by atoms with Gasteiger partial charge in [-0.3, -0.25) is 20.0 Å². The largest absolute Gasteiger partial charge is 0.490 e. The molecule has 2 N–H and O–H groups in total. The van der Waals surface area contributed by atoms with E-state index in [-0.39, 0.29) is 22.9 Å². The average molecular weight is 291 g/mol. The van der Waals surface area contributed by atoms with Crippen LogP contribution in [0.25, 0.3) is 0 Å². The molecule has 0 fully saturated rings. The number of nitrogens with one attached hydrogen (secondary N) is 2. The van der Waals surface area contributed by atoms with Crippen LogP contribution in [0.15, 0.2) is 24.5 Å². The Hall–Kier alpha value is -2.97. The van der Waals surface area contributed by atoms with Crippen molar-refractivity contribution in [2.75, 3.05) is 13.7 Å². The Labute approximate surface area is 119 Å². The highest BCUT2D eigenvalue weighted by Gasteiger charge is 2.17. The number of carbonyl (C=O) groups is 1. The number of hydrogen-bond donors (Lipinski definition) is 2. The van der Waals surface area contributed by atoms with Crippen LogP contribution in [0.1, 0.15) is 16.2 Å². The van der Waals surface area contributed by atoms with E-state index in [1.807, 2.05) is 0 Å². The number of H-pyrrole nitrogens is 1. The van der Waals surface area contributed by atoms with E-state index in [9.17, 15) is 14.9 Å². The van der Waals surface area contributed by atoms with E-state index in [1.165, 1.54) is 31.6 Å². The number of aromatic nitrogens is 3. The molecule has 2 rings (SSSR count). The van der Waals surface area contributed by atoms with Crippen molar-refractivity contribution >= 4 is 11.6 Å². The van der Waals surface area contributed by atoms with Gasteiger partial charge in [0.2, 0.25) is 0 Å². The molecule has 0 saturated heterocycles. The second-order valence-electron chi connectivity index (χ2n) is 4.08. The summed E-state index contributed by atoms with van der Waals surface area (Å²) in [5, 5.41) is 19.8. The first kappa shape index (κ1) is 14.4. The van der Waals surface area contributed by atoms with Crippen LogP contribution < -0.4 is 10.1 Å². The molecule has 1 heterocycles. The van der Waals surface area contributed by atoms with Gasteiger partial charge in [0.15, 0.2) is 5.75 Å². The number of rotatable bonds is 6. The van der Waals surface area contributed by atoms with Crippen LogP contribution in [0.4, 0.5) is 5.69 Å². The molecule has 0 unspecified atom stereocenters. The van der Waals surface area contributed by atoms with Crippen molar-refractivity contribution in [2.45, 2.75) is 6.42 Å². The number of benzene rings is 1. The van der Waals surface area contributed by atoms with Crippen molar-refractivity contribution < 1.29 is 14.5 Å². The predicted octanol–water partition coefficient (Wildman–Crippen LogP) is 0.694. The summed E-state index contributed by atoms with van der Waals surface area (Å²) in [6, 6.07) is 3.95. The monoisotopic (exact) mass is 291 g/mol. The predicted molar refractivity (Wildman–Crippen MR) is 72.1 cm³/mol. The number of aromatic amines is 1. The Morgan fingerprint density at radius 2 is 2.33 bits per heavy atom. The number of nitro groups is 1. The molecule has 0 atom stereocenters. The highest BCUT2D eigenvalue weighted by molar-refractivity contribution is 5.95. The van der Waals surface area contributed by atoms with Crippen LogP contribution in [0, 0.1) is 10.1 Å². The van der Waals surface area contributed by atoms with E-state index in [1.54, 1.807) is 0 Å². The zero-order valence-electron chi connectivity index (χ0n) is 11.2. The summed E-state index contributed by atoms with van der Waals surface area (Å²) in [6.07, 6.45) is 1.90. The topological polar surface area (TPSA) is 123 Å². The van der Waals surface area contributed by atoms with Gasteiger partial charge in [-0.15, -0.1) is 0 Å². The number of carbonyl (C=O) groups excluding carboxylic acids is 1. The first-order chi connectivity index (χ1) is 10.1. The van der Waals surface area contributed by atoms with Gasteiger partial charge in [-0.1, -0.05) is 0 Å². The highest BCUT2D eigenvalue weighted by atomic mass is 16.6. The molecule has 0 saturated carbocycles. The molecular formula is C12H13N5O4. The Morgan fingerprint density at radius 1 is 1.52 bits per heavy atom. The van der Waals surface area contributed by atoms with Crippen LogP contribution in [0.2, 0.25) is 0 Å². The highest BCUT2D eigenvalue weighted by Crippen LogP contribution is 2.27. The summed E-state index contributed by atoms with van der Waals surface area (Å²) < 4.78 is 4.92. The Balaban J connectivity index is 2.00. The van der Waals surface area contributed by atoms with Crippen LogP contribution in [0.5, 0.6) is 5.75 Å². The minimum Gasteiger partial charge on any atom is -0.490 e. The Morgan fingerprint density at radius 3 is 2.95 bits per heavy atom. The molecule has 0 aliphatic heterocycles. The van der Waals surface area contributed by atoms with Crippen molar-refractivity contribution in [2.24, 2.45) is 0 Å². The maximum Gasteiger partial charge on any atom is 0.310 e. The molecule has 0 bridgehead atoms. The quantitative estimate of drug-likeness (QED) is 0.596. The number of nitrogens with zero attached hydrogens (tertiary/aromatic N) is 3. The van der Waals surface area contributed by atoms with Gasteiger partial charge in [-0.05, 0) is 6.07 Å². The Kier molecular flexibility index (Phi) is 4.44. The van der Waals surface area contributed by atoms with E-state index in [0.717, 1.165) is 0 Å². The van der Waals surface area contributed by atoms with Crippen molar-refractivity contribution in [1.29, 1.82) is 0 Å². The van der Waals surface area contributed by atoms with Crippen LogP contribution in [0.3, 0.4) is 0 Å². The molecule has 1 aromatic carbocycles. The van der Waals surface area contributed by atoms with Gasteiger partial charge in [0.25, 0.3) is 5.91 Å². The smallest absolute Gasteiger partial charge is 0.310 e. The van der Waals surface area contributed by atoms with Gasteiger partial charge in [0, 0.05) is 30.7 Å². The zero-order chi connectivity index (χ0) is 15.2. The molecule has 0 aliphatic rings. The number of ether oxygens (including phenoxy) is 1. The zero-order valence-corrected chi connectivity index (χ0v) is 11.2. The number of methoxy groups -OCH3 is 1. The maximum absolute atomic E-state index is 11.9. The van der Waals surface area contributed by atoms with Gasteiger partial charge >= 0.3 is 5.69 Å². The lowest BCUT2D eigenvalue weighted by atomic mass is 10.1. The minimum absolute atomic E-state index is 0.0443. The standard InChI is InChI=1S/C12H13N5O4/c1-21-10-6-8(2-3-9(10)17(19)20)12(18)13-5-4-11-14-7-15-16-11/h2-3,6-7H,4-5H2,1H3,(H,13,18)(H,14,15,16). The van der Waals surface area contributed by atoms with Crippen molar-refractivity contribution in [3.05, 3.63) is 46.0 Å². The van der Waals surface area contributed by atoms with E-state index in [4.69, 9.17) is 4.74 Å². The normalized spacial score (nSPS) is 10.1. The fourth-order valence-corrected chi connectivity index (χ4v) is 1.72. The minimum atomic E-state index is -0.565. The third kappa shape index (κ3) is 3.53. The number of amides is 1. The average Bonchev–Trinajstić information content (AvgIpc) is 2.99.